The van der Waals surface area contributed by atoms with Gasteiger partial charge in [0.1, 0.15) is 0 Å². The summed E-state index contributed by atoms with van der Waals surface area (Å²) >= 11 is 0. The molecule has 0 bridgehead atoms. The van der Waals surface area contributed by atoms with Gasteiger partial charge in [0.05, 0.1) is 0 Å². The fourth-order valence-corrected chi connectivity index (χ4v) is 3.04. The van der Waals surface area contributed by atoms with Crippen molar-refractivity contribution in [3.63, 3.8) is 0 Å². The Morgan fingerprint density at radius 3 is 2.50 bits per heavy atom. The number of nitrogens with one attached hydrogen (secondary N) is 1. The third-order valence-corrected chi connectivity index (χ3v) is 4.55. The van der Waals surface area contributed by atoms with Crippen molar-refractivity contribution in [1.29, 1.82) is 0 Å². The number of amides is 1. The van der Waals surface area contributed by atoms with E-state index >= 15 is 0 Å². The molecule has 1 spiro atoms. The summed E-state index contributed by atoms with van der Waals surface area (Å²) in [6.45, 7) is 0.709. The lowest BCUT2D eigenvalue weighted by atomic mass is 10.1. The van der Waals surface area contributed by atoms with E-state index in [9.17, 15) is 13.6 Å². The standard InChI is InChI=1S/C12H17F2NO/c13-12(14)2-1-8(5-12)10(16)15-7-9-6-11(9)3-4-11/h8-9H,1-7H2,(H,15,16)/t8-,9+/m1/s1. The fourth-order valence-electron chi connectivity index (χ4n) is 3.04. The van der Waals surface area contributed by atoms with Crippen LogP contribution in [0.2, 0.25) is 0 Å². The molecule has 0 unspecified atom stereocenters. The van der Waals surface area contributed by atoms with Crippen molar-refractivity contribution >= 4 is 5.91 Å². The lowest BCUT2D eigenvalue weighted by Crippen LogP contribution is -2.32. The van der Waals surface area contributed by atoms with Gasteiger partial charge in [0.25, 0.3) is 0 Å². The van der Waals surface area contributed by atoms with Crippen molar-refractivity contribution in [2.75, 3.05) is 6.54 Å². The molecule has 3 saturated carbocycles. The van der Waals surface area contributed by atoms with Gasteiger partial charge in [0.15, 0.2) is 0 Å². The molecule has 2 nitrogen and oxygen atoms in total. The molecule has 90 valence electrons. The number of carbonyl (C=O) groups is 1. The van der Waals surface area contributed by atoms with Crippen LogP contribution in [0.5, 0.6) is 0 Å². The molecule has 0 saturated heterocycles. The van der Waals surface area contributed by atoms with Crippen LogP contribution in [0, 0.1) is 17.3 Å². The largest absolute Gasteiger partial charge is 0.356 e. The lowest BCUT2D eigenvalue weighted by Gasteiger charge is -2.11. The maximum Gasteiger partial charge on any atom is 0.248 e. The molecule has 0 aliphatic heterocycles. The summed E-state index contributed by atoms with van der Waals surface area (Å²) in [6, 6.07) is 0. The maximum absolute atomic E-state index is 12.9. The molecule has 4 heteroatoms. The second-order valence-electron chi connectivity index (χ2n) is 5.80. The van der Waals surface area contributed by atoms with E-state index in [1.807, 2.05) is 0 Å². The summed E-state index contributed by atoms with van der Waals surface area (Å²) in [5, 5.41) is 2.85. The van der Waals surface area contributed by atoms with Gasteiger partial charge in [-0.1, -0.05) is 0 Å². The topological polar surface area (TPSA) is 29.1 Å². The summed E-state index contributed by atoms with van der Waals surface area (Å²) in [5.74, 6) is -2.58. The van der Waals surface area contributed by atoms with Gasteiger partial charge < -0.3 is 5.32 Å². The van der Waals surface area contributed by atoms with Gasteiger partial charge in [-0.3, -0.25) is 4.79 Å². The van der Waals surface area contributed by atoms with Crippen LogP contribution in [-0.2, 0) is 4.79 Å². The molecule has 0 aromatic carbocycles. The van der Waals surface area contributed by atoms with Gasteiger partial charge in [-0.25, -0.2) is 8.78 Å². The van der Waals surface area contributed by atoms with Crippen LogP contribution in [0.1, 0.15) is 38.5 Å². The lowest BCUT2D eigenvalue weighted by molar-refractivity contribution is -0.125. The van der Waals surface area contributed by atoms with Crippen molar-refractivity contribution in [1.82, 2.24) is 5.32 Å². The molecular formula is C12H17F2NO. The zero-order valence-electron chi connectivity index (χ0n) is 9.27. The van der Waals surface area contributed by atoms with Crippen LogP contribution in [0.15, 0.2) is 0 Å². The number of hydrogen-bond acceptors (Lipinski definition) is 1. The van der Waals surface area contributed by atoms with Gasteiger partial charge >= 0.3 is 0 Å². The van der Waals surface area contributed by atoms with E-state index in [2.05, 4.69) is 5.32 Å². The van der Waals surface area contributed by atoms with Crippen LogP contribution in [-0.4, -0.2) is 18.4 Å². The highest BCUT2D eigenvalue weighted by atomic mass is 19.3. The summed E-state index contributed by atoms with van der Waals surface area (Å²) in [7, 11) is 0. The Balaban J connectivity index is 1.43. The average Bonchev–Trinajstić information content (AvgIpc) is 3.10. The maximum atomic E-state index is 12.9. The van der Waals surface area contributed by atoms with Crippen LogP contribution in [0.4, 0.5) is 8.78 Å². The second-order valence-corrected chi connectivity index (χ2v) is 5.80. The number of rotatable bonds is 3. The Bertz CT molecular complexity index is 325. The van der Waals surface area contributed by atoms with E-state index in [0.717, 1.165) is 0 Å². The summed E-state index contributed by atoms with van der Waals surface area (Å²) in [6.07, 6.45) is 3.79. The third kappa shape index (κ3) is 1.82. The summed E-state index contributed by atoms with van der Waals surface area (Å²) in [5.41, 5.74) is 0.576. The summed E-state index contributed by atoms with van der Waals surface area (Å²) < 4.78 is 25.8. The molecule has 3 aliphatic rings. The Morgan fingerprint density at radius 2 is 2.00 bits per heavy atom. The number of carbonyl (C=O) groups excluding carboxylic acids is 1. The molecule has 1 amide bonds. The number of hydrogen-bond donors (Lipinski definition) is 1. The van der Waals surface area contributed by atoms with Crippen LogP contribution in [0.25, 0.3) is 0 Å². The highest BCUT2D eigenvalue weighted by Gasteiger charge is 2.62. The molecule has 3 aliphatic carbocycles. The smallest absolute Gasteiger partial charge is 0.248 e. The van der Waals surface area contributed by atoms with Crippen molar-refractivity contribution < 1.29 is 13.6 Å². The fraction of sp³-hybridized carbons (Fsp3) is 0.917. The Morgan fingerprint density at radius 1 is 1.25 bits per heavy atom. The van der Waals surface area contributed by atoms with Gasteiger partial charge in [-0.2, -0.15) is 0 Å². The monoisotopic (exact) mass is 229 g/mol. The highest BCUT2D eigenvalue weighted by molar-refractivity contribution is 5.79. The van der Waals surface area contributed by atoms with E-state index in [-0.39, 0.29) is 18.7 Å². The number of alkyl halides is 2. The zero-order chi connectivity index (χ0) is 11.4. The average molecular weight is 229 g/mol. The van der Waals surface area contributed by atoms with Crippen LogP contribution in [0.3, 0.4) is 0 Å². The molecule has 2 atom stereocenters. The molecule has 0 aromatic rings. The number of halogens is 2. The van der Waals surface area contributed by atoms with E-state index in [1.54, 1.807) is 0 Å². The molecule has 0 aromatic heterocycles. The van der Waals surface area contributed by atoms with Crippen molar-refractivity contribution in [3.8, 4) is 0 Å². The second kappa shape index (κ2) is 3.17. The molecular weight excluding hydrogens is 212 g/mol. The SMILES string of the molecule is O=C(NC[C@@H]1CC12CC2)[C@@H]1CCC(F)(F)C1. The Kier molecular flexibility index (Phi) is 2.08. The van der Waals surface area contributed by atoms with Gasteiger partial charge in [-0.05, 0) is 37.0 Å². The van der Waals surface area contributed by atoms with Crippen molar-refractivity contribution in [3.05, 3.63) is 0 Å². The third-order valence-electron chi connectivity index (χ3n) is 4.55. The molecule has 3 fully saturated rings. The quantitative estimate of drug-likeness (QED) is 0.790. The molecule has 3 rings (SSSR count). The first-order chi connectivity index (χ1) is 7.51. The van der Waals surface area contributed by atoms with E-state index in [1.165, 1.54) is 19.3 Å². The molecule has 0 heterocycles. The highest BCUT2D eigenvalue weighted by Crippen LogP contribution is 2.70. The first kappa shape index (κ1) is 10.5. The van der Waals surface area contributed by atoms with E-state index < -0.39 is 11.8 Å². The van der Waals surface area contributed by atoms with Gasteiger partial charge in [0.2, 0.25) is 11.8 Å². The van der Waals surface area contributed by atoms with Crippen LogP contribution < -0.4 is 5.32 Å². The minimum Gasteiger partial charge on any atom is -0.356 e. The first-order valence-corrected chi connectivity index (χ1v) is 6.16. The van der Waals surface area contributed by atoms with Crippen molar-refractivity contribution in [2.45, 2.75) is 44.4 Å². The molecule has 1 N–H and O–H groups in total. The predicted octanol–water partition coefficient (Wildman–Crippen LogP) is 2.34. The van der Waals surface area contributed by atoms with Gasteiger partial charge in [0, 0.05) is 25.3 Å². The molecule has 0 radical (unpaired) electrons. The Hall–Kier alpha value is -0.670. The van der Waals surface area contributed by atoms with Crippen molar-refractivity contribution in [2.24, 2.45) is 17.3 Å². The van der Waals surface area contributed by atoms with E-state index in [0.29, 0.717) is 24.3 Å². The summed E-state index contributed by atoms with van der Waals surface area (Å²) in [4.78, 5) is 11.7. The van der Waals surface area contributed by atoms with Gasteiger partial charge in [-0.15, -0.1) is 0 Å². The first-order valence-electron chi connectivity index (χ1n) is 6.16. The zero-order valence-corrected chi connectivity index (χ0v) is 9.27. The van der Waals surface area contributed by atoms with Crippen LogP contribution >= 0.6 is 0 Å². The minimum absolute atomic E-state index is 0.127. The molecule has 16 heavy (non-hydrogen) atoms. The minimum atomic E-state index is -2.61. The normalized spacial score (nSPS) is 37.4. The Labute approximate surface area is 93.8 Å². The van der Waals surface area contributed by atoms with E-state index in [4.69, 9.17) is 0 Å². The predicted molar refractivity (Wildman–Crippen MR) is 55.1 cm³/mol.